The van der Waals surface area contributed by atoms with Crippen LogP contribution in [0.3, 0.4) is 0 Å². The Morgan fingerprint density at radius 2 is 1.50 bits per heavy atom. The van der Waals surface area contributed by atoms with E-state index in [1.807, 2.05) is 79.2 Å². The maximum atomic E-state index is 13.5. The van der Waals surface area contributed by atoms with Crippen LogP contribution >= 0.6 is 11.3 Å². The molecule has 0 radical (unpaired) electrons. The van der Waals surface area contributed by atoms with Gasteiger partial charge in [-0.05, 0) is 46.7 Å². The number of nitrogens with zero attached hydrogens (tertiary/aromatic N) is 2. The highest BCUT2D eigenvalue weighted by Crippen LogP contribution is 2.38. The zero-order valence-electron chi connectivity index (χ0n) is 17.5. The van der Waals surface area contributed by atoms with Gasteiger partial charge < -0.3 is 4.90 Å². The summed E-state index contributed by atoms with van der Waals surface area (Å²) in [7, 11) is 1.83. The zero-order chi connectivity index (χ0) is 21.5. The molecule has 4 nitrogen and oxygen atoms in total. The molecule has 0 aliphatic carbocycles. The summed E-state index contributed by atoms with van der Waals surface area (Å²) in [5, 5.41) is 1.92. The van der Waals surface area contributed by atoms with Crippen LogP contribution in [0.1, 0.15) is 31.2 Å². The van der Waals surface area contributed by atoms with Gasteiger partial charge >= 0.3 is 0 Å². The molecule has 2 amide bonds. The Labute approximate surface area is 181 Å². The second kappa shape index (κ2) is 7.58. The molecule has 3 aromatic rings. The van der Waals surface area contributed by atoms with Crippen molar-refractivity contribution in [3.63, 3.8) is 0 Å². The summed E-state index contributed by atoms with van der Waals surface area (Å²) in [6, 6.07) is 21.1. The molecule has 152 valence electrons. The first-order valence-corrected chi connectivity index (χ1v) is 10.7. The van der Waals surface area contributed by atoms with E-state index in [0.717, 1.165) is 16.1 Å². The van der Waals surface area contributed by atoms with Gasteiger partial charge in [-0.25, -0.2) is 4.90 Å². The van der Waals surface area contributed by atoms with Crippen molar-refractivity contribution in [2.75, 3.05) is 16.8 Å². The van der Waals surface area contributed by atoms with Crippen LogP contribution in [0.25, 0.3) is 5.57 Å². The number of anilines is 2. The molecule has 0 fully saturated rings. The first kappa shape index (κ1) is 20.1. The normalized spacial score (nSPS) is 14.6. The molecule has 0 bridgehead atoms. The molecule has 0 unspecified atom stereocenters. The van der Waals surface area contributed by atoms with Gasteiger partial charge in [0.1, 0.15) is 5.70 Å². The molecule has 2 aromatic carbocycles. The van der Waals surface area contributed by atoms with E-state index < -0.39 is 0 Å². The molecule has 4 rings (SSSR count). The maximum Gasteiger partial charge on any atom is 0.282 e. The number of benzene rings is 2. The van der Waals surface area contributed by atoms with Crippen molar-refractivity contribution in [2.45, 2.75) is 26.2 Å². The van der Waals surface area contributed by atoms with E-state index in [1.165, 1.54) is 16.2 Å². The smallest absolute Gasteiger partial charge is 0.282 e. The van der Waals surface area contributed by atoms with Crippen LogP contribution in [0, 0.1) is 0 Å². The predicted molar refractivity (Wildman–Crippen MR) is 124 cm³/mol. The Morgan fingerprint density at radius 3 is 2.07 bits per heavy atom. The molecular formula is C25H24N2O2S. The summed E-state index contributed by atoms with van der Waals surface area (Å²) in [4.78, 5) is 30.9. The number of carbonyl (C=O) groups is 2. The summed E-state index contributed by atoms with van der Waals surface area (Å²) in [6.07, 6.45) is 0. The lowest BCUT2D eigenvalue weighted by Gasteiger charge is -2.22. The van der Waals surface area contributed by atoms with E-state index in [-0.39, 0.29) is 17.2 Å². The number of rotatable bonds is 4. The molecule has 0 saturated carbocycles. The van der Waals surface area contributed by atoms with Crippen LogP contribution in [0.4, 0.5) is 11.4 Å². The standard InChI is InChI=1S/C25H24N2O2S/c1-25(2,3)17-12-14-19(15-13-17)27-23(28)21(20-11-8-16-30-20)22(24(27)29)26(4)18-9-6-5-7-10-18/h5-16H,1-4H3. The molecule has 0 saturated heterocycles. The maximum absolute atomic E-state index is 13.5. The Bertz CT molecular complexity index is 1110. The van der Waals surface area contributed by atoms with Crippen LogP contribution in [-0.2, 0) is 15.0 Å². The molecule has 30 heavy (non-hydrogen) atoms. The van der Waals surface area contributed by atoms with Gasteiger partial charge in [-0.2, -0.15) is 0 Å². The second-order valence-electron chi connectivity index (χ2n) is 8.34. The number of para-hydroxylation sites is 1. The van der Waals surface area contributed by atoms with Crippen LogP contribution in [0.15, 0.2) is 77.8 Å². The zero-order valence-corrected chi connectivity index (χ0v) is 18.4. The molecule has 1 aliphatic rings. The predicted octanol–water partition coefficient (Wildman–Crippen LogP) is 5.47. The van der Waals surface area contributed by atoms with Crippen molar-refractivity contribution in [1.29, 1.82) is 0 Å². The number of thiophene rings is 1. The lowest BCUT2D eigenvalue weighted by atomic mass is 9.87. The SMILES string of the molecule is CN(C1=C(c2cccs2)C(=O)N(c2ccc(C(C)(C)C)cc2)C1=O)c1ccccc1. The third-order valence-electron chi connectivity index (χ3n) is 5.30. The van der Waals surface area contributed by atoms with Gasteiger partial charge in [0.25, 0.3) is 11.8 Å². The number of carbonyl (C=O) groups excluding carboxylic acids is 2. The minimum Gasteiger partial charge on any atom is -0.339 e. The summed E-state index contributed by atoms with van der Waals surface area (Å²) in [5.41, 5.74) is 3.43. The highest BCUT2D eigenvalue weighted by Gasteiger charge is 2.42. The topological polar surface area (TPSA) is 40.6 Å². The summed E-state index contributed by atoms with van der Waals surface area (Å²) in [6.45, 7) is 6.41. The molecule has 0 N–H and O–H groups in total. The fourth-order valence-corrected chi connectivity index (χ4v) is 4.36. The number of hydrogen-bond donors (Lipinski definition) is 0. The summed E-state index contributed by atoms with van der Waals surface area (Å²) < 4.78 is 0. The monoisotopic (exact) mass is 416 g/mol. The molecule has 2 heterocycles. The van der Waals surface area contributed by atoms with E-state index >= 15 is 0 Å². The Hall–Kier alpha value is -3.18. The summed E-state index contributed by atoms with van der Waals surface area (Å²) in [5.74, 6) is -0.595. The Morgan fingerprint density at radius 1 is 0.833 bits per heavy atom. The lowest BCUT2D eigenvalue weighted by Crippen LogP contribution is -2.34. The van der Waals surface area contributed by atoms with Gasteiger partial charge in [0.2, 0.25) is 0 Å². The van der Waals surface area contributed by atoms with E-state index in [0.29, 0.717) is 17.0 Å². The average molecular weight is 417 g/mol. The van der Waals surface area contributed by atoms with E-state index in [9.17, 15) is 9.59 Å². The van der Waals surface area contributed by atoms with Gasteiger partial charge in [-0.1, -0.05) is 57.2 Å². The lowest BCUT2D eigenvalue weighted by molar-refractivity contribution is -0.120. The van der Waals surface area contributed by atoms with Gasteiger partial charge in [-0.3, -0.25) is 9.59 Å². The second-order valence-corrected chi connectivity index (χ2v) is 9.29. The molecule has 5 heteroatoms. The highest BCUT2D eigenvalue weighted by molar-refractivity contribution is 7.11. The number of likely N-dealkylation sites (N-methyl/N-ethyl adjacent to an activating group) is 1. The fraction of sp³-hybridized carbons (Fsp3) is 0.200. The van der Waals surface area contributed by atoms with Crippen molar-refractivity contribution >= 4 is 40.1 Å². The van der Waals surface area contributed by atoms with Crippen molar-refractivity contribution in [1.82, 2.24) is 0 Å². The Kier molecular flexibility index (Phi) is 5.08. The molecule has 0 atom stereocenters. The molecular weight excluding hydrogens is 392 g/mol. The number of imide groups is 1. The van der Waals surface area contributed by atoms with E-state index in [4.69, 9.17) is 0 Å². The highest BCUT2D eigenvalue weighted by atomic mass is 32.1. The third kappa shape index (κ3) is 3.46. The fourth-order valence-electron chi connectivity index (χ4n) is 3.60. The van der Waals surface area contributed by atoms with E-state index in [1.54, 1.807) is 4.90 Å². The minimum atomic E-state index is -0.307. The minimum absolute atomic E-state index is 0.00335. The van der Waals surface area contributed by atoms with Crippen LogP contribution in [-0.4, -0.2) is 18.9 Å². The van der Waals surface area contributed by atoms with Gasteiger partial charge in [0.05, 0.1) is 11.3 Å². The van der Waals surface area contributed by atoms with E-state index in [2.05, 4.69) is 20.8 Å². The molecule has 0 spiro atoms. The van der Waals surface area contributed by atoms with Crippen LogP contribution in [0.5, 0.6) is 0 Å². The van der Waals surface area contributed by atoms with Crippen LogP contribution in [0.2, 0.25) is 0 Å². The number of amides is 2. The molecule has 1 aliphatic heterocycles. The number of hydrogen-bond acceptors (Lipinski definition) is 4. The van der Waals surface area contributed by atoms with Crippen molar-refractivity contribution in [2.24, 2.45) is 0 Å². The average Bonchev–Trinajstić information content (AvgIpc) is 3.33. The largest absolute Gasteiger partial charge is 0.339 e. The third-order valence-corrected chi connectivity index (χ3v) is 6.18. The Balaban J connectivity index is 1.79. The quantitative estimate of drug-likeness (QED) is 0.530. The van der Waals surface area contributed by atoms with Crippen molar-refractivity contribution < 1.29 is 9.59 Å². The van der Waals surface area contributed by atoms with Crippen molar-refractivity contribution in [3.8, 4) is 0 Å². The first-order chi connectivity index (χ1) is 14.3. The first-order valence-electron chi connectivity index (χ1n) is 9.85. The van der Waals surface area contributed by atoms with Gasteiger partial charge in [0, 0.05) is 17.6 Å². The van der Waals surface area contributed by atoms with Crippen LogP contribution < -0.4 is 9.80 Å². The molecule has 1 aromatic heterocycles. The van der Waals surface area contributed by atoms with Gasteiger partial charge in [0.15, 0.2) is 0 Å². The van der Waals surface area contributed by atoms with Crippen molar-refractivity contribution in [3.05, 3.63) is 88.2 Å². The van der Waals surface area contributed by atoms with Gasteiger partial charge in [-0.15, -0.1) is 11.3 Å². The summed E-state index contributed by atoms with van der Waals surface area (Å²) >= 11 is 1.46.